The van der Waals surface area contributed by atoms with Crippen molar-refractivity contribution in [2.24, 2.45) is 0 Å². The lowest BCUT2D eigenvalue weighted by Gasteiger charge is -2.36. The minimum Gasteiger partial charge on any atom is -0.450 e. The van der Waals surface area contributed by atoms with E-state index in [-0.39, 0.29) is 58.2 Å². The van der Waals surface area contributed by atoms with Crippen LogP contribution >= 0.6 is 7.60 Å². The number of carbonyl (C=O) groups is 3. The highest BCUT2D eigenvalue weighted by Crippen LogP contribution is 2.42. The van der Waals surface area contributed by atoms with E-state index < -0.39 is 37.7 Å². The summed E-state index contributed by atoms with van der Waals surface area (Å²) in [4.78, 5) is 56.6. The number of aliphatic hydroxyl groups is 1. The Morgan fingerprint density at radius 1 is 1.05 bits per heavy atom. The van der Waals surface area contributed by atoms with Gasteiger partial charge in [-0.15, -0.1) is 0 Å². The van der Waals surface area contributed by atoms with Gasteiger partial charge in [0.2, 0.25) is 5.91 Å². The van der Waals surface area contributed by atoms with Gasteiger partial charge < -0.3 is 39.7 Å². The summed E-state index contributed by atoms with van der Waals surface area (Å²) in [7, 11) is -4.23. The van der Waals surface area contributed by atoms with Crippen LogP contribution in [0.1, 0.15) is 24.3 Å². The number of carbonyl (C=O) groups excluding carboxylic acids is 3. The standard InChI is InChI=1S/C26H36N5O8P/c1-3-38-26(35)31-13-11-30(12-14-31)25(34)23(18-40(36,37)39-4-2)29-24(33)22-17-20(27-10-15-32)16-21(28-22)19-8-6-5-7-9-19/h5-9,16-17,23,32H,3-4,10-15,18H2,1-2H3,(H,27,28)(H,29,33)(H,36,37). The zero-order valence-electron chi connectivity index (χ0n) is 22.6. The first-order chi connectivity index (χ1) is 19.2. The molecule has 0 radical (unpaired) electrons. The van der Waals surface area contributed by atoms with Crippen molar-refractivity contribution in [2.45, 2.75) is 19.9 Å². The zero-order valence-corrected chi connectivity index (χ0v) is 23.5. The SMILES string of the molecule is CCOC(=O)N1CCN(C(=O)C(CP(=O)(O)OCC)NC(=O)c2cc(NCCO)cc(-c3ccccc3)n2)CC1. The van der Waals surface area contributed by atoms with Crippen LogP contribution in [-0.2, 0) is 18.6 Å². The fourth-order valence-electron chi connectivity index (χ4n) is 4.15. The van der Waals surface area contributed by atoms with Crippen molar-refractivity contribution in [3.63, 3.8) is 0 Å². The monoisotopic (exact) mass is 577 g/mol. The third-order valence-electron chi connectivity index (χ3n) is 6.03. The minimum atomic E-state index is -4.23. The predicted octanol–water partition coefficient (Wildman–Crippen LogP) is 1.77. The van der Waals surface area contributed by atoms with Crippen molar-refractivity contribution in [2.75, 3.05) is 64.0 Å². The highest BCUT2D eigenvalue weighted by molar-refractivity contribution is 7.52. The summed E-state index contributed by atoms with van der Waals surface area (Å²) < 4.78 is 22.6. The molecule has 3 rings (SSSR count). The summed E-state index contributed by atoms with van der Waals surface area (Å²) in [5.74, 6) is -1.31. The number of hydrogen-bond donors (Lipinski definition) is 4. The molecule has 0 aliphatic carbocycles. The zero-order chi connectivity index (χ0) is 29.1. The lowest BCUT2D eigenvalue weighted by molar-refractivity contribution is -0.134. The number of aliphatic hydroxyl groups excluding tert-OH is 1. The molecule has 1 aliphatic rings. The molecule has 4 N–H and O–H groups in total. The Bertz CT molecular complexity index is 1210. The molecule has 1 aliphatic heterocycles. The van der Waals surface area contributed by atoms with E-state index in [0.717, 1.165) is 5.56 Å². The molecule has 13 nitrogen and oxygen atoms in total. The third kappa shape index (κ3) is 8.75. The molecule has 2 unspecified atom stereocenters. The van der Waals surface area contributed by atoms with Gasteiger partial charge in [-0.2, -0.15) is 0 Å². The Hall–Kier alpha value is -3.51. The van der Waals surface area contributed by atoms with Crippen molar-refractivity contribution in [3.05, 3.63) is 48.2 Å². The van der Waals surface area contributed by atoms with E-state index >= 15 is 0 Å². The lowest BCUT2D eigenvalue weighted by atomic mass is 10.1. The van der Waals surface area contributed by atoms with Crippen molar-refractivity contribution < 1.29 is 38.2 Å². The number of hydrogen-bond acceptors (Lipinski definition) is 9. The largest absolute Gasteiger partial charge is 0.450 e. The summed E-state index contributed by atoms with van der Waals surface area (Å²) in [6.07, 6.45) is -1.12. The number of nitrogens with one attached hydrogen (secondary N) is 2. The Balaban J connectivity index is 1.84. The molecule has 14 heteroatoms. The average molecular weight is 578 g/mol. The molecular formula is C26H36N5O8P. The Labute approximate surface area is 233 Å². The number of rotatable bonds is 12. The van der Waals surface area contributed by atoms with Gasteiger partial charge >= 0.3 is 13.7 Å². The number of pyridine rings is 1. The molecule has 2 aromatic rings. The number of ether oxygens (including phenoxy) is 1. The van der Waals surface area contributed by atoms with Gasteiger partial charge in [0.1, 0.15) is 11.7 Å². The molecule has 1 aromatic heterocycles. The number of piperazine rings is 1. The molecular weight excluding hydrogens is 541 g/mol. The van der Waals surface area contributed by atoms with Crippen LogP contribution in [0.25, 0.3) is 11.3 Å². The van der Waals surface area contributed by atoms with Gasteiger partial charge in [-0.3, -0.25) is 14.2 Å². The van der Waals surface area contributed by atoms with Crippen LogP contribution in [-0.4, -0.2) is 107 Å². The normalized spacial score (nSPS) is 15.6. The van der Waals surface area contributed by atoms with Gasteiger partial charge in [-0.25, -0.2) is 9.78 Å². The average Bonchev–Trinajstić information content (AvgIpc) is 2.95. The molecule has 40 heavy (non-hydrogen) atoms. The van der Waals surface area contributed by atoms with Crippen molar-refractivity contribution >= 4 is 31.2 Å². The van der Waals surface area contributed by atoms with E-state index in [1.807, 2.05) is 30.3 Å². The number of benzene rings is 1. The van der Waals surface area contributed by atoms with Crippen LogP contribution in [0.5, 0.6) is 0 Å². The maximum absolute atomic E-state index is 13.5. The first-order valence-corrected chi connectivity index (χ1v) is 14.8. The predicted molar refractivity (Wildman–Crippen MR) is 148 cm³/mol. The molecule has 1 saturated heterocycles. The minimum absolute atomic E-state index is 0.0316. The summed E-state index contributed by atoms with van der Waals surface area (Å²) in [6.45, 7) is 4.28. The topological polar surface area (TPSA) is 171 Å². The molecule has 0 saturated carbocycles. The van der Waals surface area contributed by atoms with Crippen LogP contribution in [0.15, 0.2) is 42.5 Å². The first kappa shape index (κ1) is 31.0. The van der Waals surface area contributed by atoms with Crippen LogP contribution in [0.4, 0.5) is 10.5 Å². The van der Waals surface area contributed by atoms with E-state index in [1.165, 1.54) is 15.9 Å². The van der Waals surface area contributed by atoms with Gasteiger partial charge in [0.25, 0.3) is 5.91 Å². The number of nitrogens with zero attached hydrogens (tertiary/aromatic N) is 3. The van der Waals surface area contributed by atoms with Crippen LogP contribution in [0.2, 0.25) is 0 Å². The molecule has 1 fully saturated rings. The Kier molecular flexibility index (Phi) is 11.4. The van der Waals surface area contributed by atoms with Gasteiger partial charge in [0, 0.05) is 44.0 Å². The molecule has 2 atom stereocenters. The summed E-state index contributed by atoms with van der Waals surface area (Å²) in [5, 5.41) is 14.8. The highest BCUT2D eigenvalue weighted by Gasteiger charge is 2.36. The van der Waals surface area contributed by atoms with Gasteiger partial charge in [-0.1, -0.05) is 30.3 Å². The summed E-state index contributed by atoms with van der Waals surface area (Å²) in [6, 6.07) is 11.0. The fraction of sp³-hybridized carbons (Fsp3) is 0.462. The third-order valence-corrected chi connectivity index (χ3v) is 7.52. The van der Waals surface area contributed by atoms with Crippen LogP contribution < -0.4 is 10.6 Å². The molecule has 2 heterocycles. The molecule has 218 valence electrons. The lowest BCUT2D eigenvalue weighted by Crippen LogP contribution is -2.56. The number of aromatic nitrogens is 1. The molecule has 3 amide bonds. The smallest absolute Gasteiger partial charge is 0.409 e. The van der Waals surface area contributed by atoms with E-state index in [4.69, 9.17) is 9.26 Å². The molecule has 0 bridgehead atoms. The van der Waals surface area contributed by atoms with E-state index in [1.54, 1.807) is 19.9 Å². The fourth-order valence-corrected chi connectivity index (χ4v) is 5.37. The summed E-state index contributed by atoms with van der Waals surface area (Å²) >= 11 is 0. The number of anilines is 1. The Morgan fingerprint density at radius 3 is 2.35 bits per heavy atom. The summed E-state index contributed by atoms with van der Waals surface area (Å²) in [5.41, 5.74) is 1.71. The quantitative estimate of drug-likeness (QED) is 0.273. The highest BCUT2D eigenvalue weighted by atomic mass is 31.2. The van der Waals surface area contributed by atoms with Crippen molar-refractivity contribution in [1.82, 2.24) is 20.1 Å². The van der Waals surface area contributed by atoms with Crippen molar-refractivity contribution in [1.29, 1.82) is 0 Å². The maximum Gasteiger partial charge on any atom is 0.409 e. The van der Waals surface area contributed by atoms with Crippen molar-refractivity contribution in [3.8, 4) is 11.3 Å². The van der Waals surface area contributed by atoms with E-state index in [2.05, 4.69) is 15.6 Å². The van der Waals surface area contributed by atoms with Gasteiger partial charge in [0.05, 0.1) is 31.7 Å². The number of amides is 3. The van der Waals surface area contributed by atoms with E-state index in [0.29, 0.717) is 11.4 Å². The van der Waals surface area contributed by atoms with Gasteiger partial charge in [0.15, 0.2) is 0 Å². The van der Waals surface area contributed by atoms with E-state index in [9.17, 15) is 28.9 Å². The second kappa shape index (κ2) is 14.8. The Morgan fingerprint density at radius 2 is 1.73 bits per heavy atom. The second-order valence-electron chi connectivity index (χ2n) is 8.92. The second-order valence-corrected chi connectivity index (χ2v) is 10.8. The first-order valence-electron chi connectivity index (χ1n) is 13.1. The molecule has 1 aromatic carbocycles. The van der Waals surface area contributed by atoms with Crippen LogP contribution in [0.3, 0.4) is 0 Å². The molecule has 0 spiro atoms. The maximum atomic E-state index is 13.5. The van der Waals surface area contributed by atoms with Crippen LogP contribution in [0, 0.1) is 0 Å². The van der Waals surface area contributed by atoms with Gasteiger partial charge in [-0.05, 0) is 26.0 Å².